The van der Waals surface area contributed by atoms with E-state index in [1.165, 1.54) is 6.07 Å². The Balaban J connectivity index is 1.46. The number of anilines is 1. The van der Waals surface area contributed by atoms with E-state index in [9.17, 15) is 18.0 Å². The van der Waals surface area contributed by atoms with Crippen molar-refractivity contribution in [1.82, 2.24) is 19.8 Å². The van der Waals surface area contributed by atoms with Crippen LogP contribution in [0.2, 0.25) is 0 Å². The number of halogens is 3. The maximum absolute atomic E-state index is 13.0. The van der Waals surface area contributed by atoms with Crippen molar-refractivity contribution < 1.29 is 18.0 Å². The first-order chi connectivity index (χ1) is 15.2. The zero-order chi connectivity index (χ0) is 22.9. The number of rotatable bonds is 3. The number of imidazole rings is 1. The number of hydrogen-bond donors (Lipinski definition) is 2. The van der Waals surface area contributed by atoms with Gasteiger partial charge in [0.25, 0.3) is 0 Å². The van der Waals surface area contributed by atoms with Crippen LogP contribution >= 0.6 is 0 Å². The zero-order valence-corrected chi connectivity index (χ0v) is 17.2. The number of nitriles is 1. The van der Waals surface area contributed by atoms with Gasteiger partial charge in [0.2, 0.25) is 0 Å². The number of alkyl halides is 3. The second-order valence-electron chi connectivity index (χ2n) is 7.82. The lowest BCUT2D eigenvalue weighted by atomic mass is 10.0. The van der Waals surface area contributed by atoms with Gasteiger partial charge in [-0.1, -0.05) is 0 Å². The number of hydrogen-bond acceptors (Lipinski definition) is 4. The fraction of sp³-hybridized carbons (Fsp3) is 0.318. The molecule has 0 bridgehead atoms. The highest BCUT2D eigenvalue weighted by molar-refractivity contribution is 5.89. The van der Waals surface area contributed by atoms with Gasteiger partial charge in [-0.3, -0.25) is 4.90 Å². The van der Waals surface area contributed by atoms with Crippen LogP contribution in [-0.4, -0.2) is 40.1 Å². The Morgan fingerprint density at radius 2 is 1.97 bits per heavy atom. The van der Waals surface area contributed by atoms with E-state index in [0.29, 0.717) is 29.7 Å². The number of piperidine rings is 1. The number of urea groups is 1. The highest BCUT2D eigenvalue weighted by Crippen LogP contribution is 2.33. The van der Waals surface area contributed by atoms with Gasteiger partial charge in [0.1, 0.15) is 0 Å². The van der Waals surface area contributed by atoms with Crippen LogP contribution in [0, 0.1) is 11.3 Å². The molecule has 4 rings (SSSR count). The Morgan fingerprint density at radius 1 is 1.22 bits per heavy atom. The predicted molar refractivity (Wildman–Crippen MR) is 113 cm³/mol. The first kappa shape index (κ1) is 21.6. The topological polar surface area (TPSA) is 86.0 Å². The fourth-order valence-corrected chi connectivity index (χ4v) is 3.94. The van der Waals surface area contributed by atoms with Gasteiger partial charge in [0.05, 0.1) is 40.7 Å². The molecule has 0 saturated carbocycles. The van der Waals surface area contributed by atoms with E-state index in [4.69, 9.17) is 5.26 Å². The molecule has 2 aromatic carbocycles. The molecule has 3 aromatic rings. The first-order valence-corrected chi connectivity index (χ1v) is 10.1. The number of carbonyl (C=O) groups excluding carboxylic acids is 1. The molecule has 7 nitrogen and oxygen atoms in total. The molecule has 0 spiro atoms. The van der Waals surface area contributed by atoms with Gasteiger partial charge in [-0.05, 0) is 55.9 Å². The third-order valence-electron chi connectivity index (χ3n) is 5.66. The Hall–Kier alpha value is -3.58. The number of amides is 2. The van der Waals surface area contributed by atoms with Crippen molar-refractivity contribution in [2.24, 2.45) is 0 Å². The fourth-order valence-electron chi connectivity index (χ4n) is 3.94. The van der Waals surface area contributed by atoms with E-state index < -0.39 is 11.7 Å². The minimum atomic E-state index is -4.42. The maximum Gasteiger partial charge on any atom is 0.416 e. The van der Waals surface area contributed by atoms with Crippen molar-refractivity contribution in [1.29, 1.82) is 5.26 Å². The van der Waals surface area contributed by atoms with Gasteiger partial charge in [-0.2, -0.15) is 18.4 Å². The van der Waals surface area contributed by atoms with Crippen LogP contribution in [0.25, 0.3) is 11.0 Å². The minimum Gasteiger partial charge on any atom is -0.335 e. The Bertz CT molecular complexity index is 1170. The predicted octanol–water partition coefficient (Wildman–Crippen LogP) is 4.34. The van der Waals surface area contributed by atoms with E-state index in [1.54, 1.807) is 30.6 Å². The number of aromatic nitrogens is 2. The molecular weight excluding hydrogens is 421 g/mol. The average molecular weight is 442 g/mol. The van der Waals surface area contributed by atoms with Crippen LogP contribution in [0.1, 0.15) is 30.1 Å². The number of nitrogens with zero attached hydrogens (tertiary/aromatic N) is 4. The molecule has 2 N–H and O–H groups in total. The second kappa shape index (κ2) is 8.51. The molecule has 1 aromatic heterocycles. The van der Waals surface area contributed by atoms with Crippen molar-refractivity contribution >= 4 is 22.8 Å². The van der Waals surface area contributed by atoms with Gasteiger partial charge in [-0.25, -0.2) is 9.78 Å². The molecule has 0 unspecified atom stereocenters. The van der Waals surface area contributed by atoms with Crippen molar-refractivity contribution in [2.75, 3.05) is 18.9 Å². The van der Waals surface area contributed by atoms with Gasteiger partial charge in [-0.15, -0.1) is 0 Å². The van der Waals surface area contributed by atoms with Gasteiger partial charge in [0, 0.05) is 24.7 Å². The molecule has 1 fully saturated rings. The van der Waals surface area contributed by atoms with Crippen LogP contribution < -0.4 is 10.6 Å². The lowest BCUT2D eigenvalue weighted by Crippen LogP contribution is -2.47. The monoisotopic (exact) mass is 442 g/mol. The summed E-state index contributed by atoms with van der Waals surface area (Å²) in [6.45, 7) is 0.701. The summed E-state index contributed by atoms with van der Waals surface area (Å²) in [5, 5.41) is 14.6. The maximum atomic E-state index is 13.0. The van der Waals surface area contributed by atoms with E-state index in [2.05, 4.69) is 20.5 Å². The first-order valence-electron chi connectivity index (χ1n) is 10.1. The molecule has 1 aliphatic rings. The minimum absolute atomic E-state index is 0.124. The molecule has 0 radical (unpaired) electrons. The zero-order valence-electron chi connectivity index (χ0n) is 17.2. The smallest absolute Gasteiger partial charge is 0.335 e. The van der Waals surface area contributed by atoms with E-state index in [0.717, 1.165) is 18.6 Å². The molecule has 0 aliphatic carbocycles. The quantitative estimate of drug-likeness (QED) is 0.632. The Kier molecular flexibility index (Phi) is 5.76. The SMILES string of the molecule is CN1CC[C@@H](NC(=O)Nc2ccc(C#N)cc2)C[C@H]1n1cnc2cc(C(F)(F)F)ccc21. The van der Waals surface area contributed by atoms with Crippen molar-refractivity contribution in [3.8, 4) is 6.07 Å². The summed E-state index contributed by atoms with van der Waals surface area (Å²) < 4.78 is 40.9. The standard InChI is InChI=1S/C22H21F3N6O/c1-30-9-8-17(29-21(32)28-16-5-2-14(12-26)3-6-16)11-20(30)31-13-27-18-10-15(22(23,24)25)4-7-19(18)31/h2-7,10,13,17,20H,8-9,11H2,1H3,(H2,28,29,32)/t17-,20-/m1/s1. The number of fused-ring (bicyclic) bond motifs is 1. The Labute approximate surface area is 182 Å². The summed E-state index contributed by atoms with van der Waals surface area (Å²) >= 11 is 0. The molecule has 1 saturated heterocycles. The Morgan fingerprint density at radius 3 is 2.66 bits per heavy atom. The highest BCUT2D eigenvalue weighted by atomic mass is 19.4. The van der Waals surface area contributed by atoms with E-state index in [1.807, 2.05) is 17.7 Å². The molecule has 10 heteroatoms. The lowest BCUT2D eigenvalue weighted by molar-refractivity contribution is -0.137. The average Bonchev–Trinajstić information content (AvgIpc) is 3.18. The molecular formula is C22H21F3N6O. The number of carbonyl (C=O) groups is 1. The summed E-state index contributed by atoms with van der Waals surface area (Å²) in [6.07, 6.45) is -1.73. The number of benzene rings is 2. The largest absolute Gasteiger partial charge is 0.416 e. The van der Waals surface area contributed by atoms with Crippen LogP contribution in [0.15, 0.2) is 48.8 Å². The second-order valence-corrected chi connectivity index (χ2v) is 7.82. The molecule has 166 valence electrons. The van der Waals surface area contributed by atoms with Crippen molar-refractivity contribution in [3.63, 3.8) is 0 Å². The van der Waals surface area contributed by atoms with E-state index >= 15 is 0 Å². The molecule has 1 aliphatic heterocycles. The summed E-state index contributed by atoms with van der Waals surface area (Å²) in [4.78, 5) is 18.7. The van der Waals surface area contributed by atoms with Crippen LogP contribution in [0.4, 0.5) is 23.7 Å². The molecule has 2 atom stereocenters. The third-order valence-corrected chi connectivity index (χ3v) is 5.66. The van der Waals surface area contributed by atoms with Gasteiger partial charge in [0.15, 0.2) is 0 Å². The van der Waals surface area contributed by atoms with Crippen LogP contribution in [0.5, 0.6) is 0 Å². The molecule has 32 heavy (non-hydrogen) atoms. The molecule has 2 heterocycles. The summed E-state index contributed by atoms with van der Waals surface area (Å²) in [5.74, 6) is 0. The molecule has 2 amide bonds. The number of likely N-dealkylation sites (tertiary alicyclic amines) is 1. The summed E-state index contributed by atoms with van der Waals surface area (Å²) in [6, 6.07) is 11.6. The summed E-state index contributed by atoms with van der Waals surface area (Å²) in [5.41, 5.74) is 1.24. The van der Waals surface area contributed by atoms with E-state index in [-0.39, 0.29) is 23.8 Å². The third kappa shape index (κ3) is 4.53. The highest BCUT2D eigenvalue weighted by Gasteiger charge is 2.32. The lowest BCUT2D eigenvalue weighted by Gasteiger charge is -2.38. The summed E-state index contributed by atoms with van der Waals surface area (Å²) in [7, 11) is 1.94. The van der Waals surface area contributed by atoms with Crippen molar-refractivity contribution in [2.45, 2.75) is 31.2 Å². The van der Waals surface area contributed by atoms with Crippen LogP contribution in [-0.2, 0) is 6.18 Å². The van der Waals surface area contributed by atoms with Crippen LogP contribution in [0.3, 0.4) is 0 Å². The number of nitrogens with one attached hydrogen (secondary N) is 2. The van der Waals surface area contributed by atoms with Gasteiger partial charge < -0.3 is 15.2 Å². The van der Waals surface area contributed by atoms with Crippen molar-refractivity contribution in [3.05, 3.63) is 59.9 Å². The normalized spacial score (nSPS) is 19.5. The van der Waals surface area contributed by atoms with Gasteiger partial charge >= 0.3 is 12.2 Å².